The van der Waals surface area contributed by atoms with E-state index in [-0.39, 0.29) is 6.04 Å². The van der Waals surface area contributed by atoms with Gasteiger partial charge >= 0.3 is 0 Å². The second kappa shape index (κ2) is 6.14. The summed E-state index contributed by atoms with van der Waals surface area (Å²) in [5, 5.41) is 11.3. The van der Waals surface area contributed by atoms with Gasteiger partial charge in [0.25, 0.3) is 0 Å². The van der Waals surface area contributed by atoms with E-state index < -0.39 is 0 Å². The second-order valence-corrected chi connectivity index (χ2v) is 2.90. The summed E-state index contributed by atoms with van der Waals surface area (Å²) in [7, 11) is 1.76. The van der Waals surface area contributed by atoms with Crippen LogP contribution in [0.2, 0.25) is 0 Å². The van der Waals surface area contributed by atoms with Gasteiger partial charge in [0.2, 0.25) is 0 Å². The fourth-order valence-electron chi connectivity index (χ4n) is 0.607. The summed E-state index contributed by atoms with van der Waals surface area (Å²) >= 11 is 0. The van der Waals surface area contributed by atoms with Gasteiger partial charge in [-0.1, -0.05) is 13.8 Å². The molecule has 0 aliphatic heterocycles. The molecule has 0 aliphatic carbocycles. The third-order valence-corrected chi connectivity index (χ3v) is 1.24. The summed E-state index contributed by atoms with van der Waals surface area (Å²) in [6.45, 7) is 5.37. The van der Waals surface area contributed by atoms with Crippen molar-refractivity contribution >= 4 is 0 Å². The first kappa shape index (κ1) is 10.4. The molecule has 1 unspecified atom stereocenters. The molecule has 0 spiro atoms. The molecule has 0 heterocycles. The Morgan fingerprint density at radius 2 is 2.09 bits per heavy atom. The molecule has 1 N–H and O–H groups in total. The molecule has 0 rings (SSSR count). The molecule has 0 aromatic heterocycles. The van der Waals surface area contributed by atoms with E-state index in [1.165, 1.54) is 0 Å². The van der Waals surface area contributed by atoms with Crippen molar-refractivity contribution < 1.29 is 4.74 Å². The second-order valence-electron chi connectivity index (χ2n) is 2.90. The molecule has 64 valence electrons. The summed E-state index contributed by atoms with van der Waals surface area (Å²) in [6.07, 6.45) is 0. The molecule has 0 saturated carbocycles. The van der Waals surface area contributed by atoms with Crippen LogP contribution in [0.4, 0.5) is 0 Å². The van der Waals surface area contributed by atoms with E-state index >= 15 is 0 Å². The molecule has 11 heavy (non-hydrogen) atoms. The van der Waals surface area contributed by atoms with Gasteiger partial charge in [-0.3, -0.25) is 0 Å². The van der Waals surface area contributed by atoms with Crippen molar-refractivity contribution in [1.82, 2.24) is 5.32 Å². The fourth-order valence-corrected chi connectivity index (χ4v) is 0.607. The van der Waals surface area contributed by atoms with Crippen molar-refractivity contribution in [3.05, 3.63) is 0 Å². The van der Waals surface area contributed by atoms with Crippen molar-refractivity contribution in [3.63, 3.8) is 0 Å². The van der Waals surface area contributed by atoms with Crippen LogP contribution in [0.25, 0.3) is 0 Å². The molecule has 3 nitrogen and oxygen atoms in total. The average molecular weight is 156 g/mol. The maximum atomic E-state index is 8.50. The summed E-state index contributed by atoms with van der Waals surface area (Å²) in [5.41, 5.74) is 0. The Balaban J connectivity index is 3.30. The zero-order valence-electron chi connectivity index (χ0n) is 7.42. The van der Waals surface area contributed by atoms with Crippen LogP contribution >= 0.6 is 0 Å². The number of nitrogens with one attached hydrogen (secondary N) is 1. The molecule has 1 atom stereocenters. The number of likely N-dealkylation sites (N-methyl/N-ethyl adjacent to an activating group) is 1. The van der Waals surface area contributed by atoms with Crippen LogP contribution in [-0.2, 0) is 4.74 Å². The Morgan fingerprint density at radius 3 is 2.45 bits per heavy atom. The van der Waals surface area contributed by atoms with Crippen LogP contribution in [0.3, 0.4) is 0 Å². The Kier molecular flexibility index (Phi) is 5.81. The lowest BCUT2D eigenvalue weighted by atomic mass is 10.2. The van der Waals surface area contributed by atoms with Crippen molar-refractivity contribution in [1.29, 1.82) is 5.26 Å². The molecule has 0 aromatic rings. The van der Waals surface area contributed by atoms with Gasteiger partial charge in [0.15, 0.2) is 0 Å². The van der Waals surface area contributed by atoms with Crippen LogP contribution in [0.1, 0.15) is 13.8 Å². The molecule has 0 saturated heterocycles. The highest BCUT2D eigenvalue weighted by atomic mass is 16.5. The lowest BCUT2D eigenvalue weighted by Crippen LogP contribution is -2.29. The van der Waals surface area contributed by atoms with E-state index in [2.05, 4.69) is 25.2 Å². The Labute approximate surface area is 68.3 Å². The maximum Gasteiger partial charge on any atom is 0.119 e. The molecular formula is C8H16N2O. The summed E-state index contributed by atoms with van der Waals surface area (Å²) in [4.78, 5) is 0. The number of ether oxygens (including phenoxy) is 1. The maximum absolute atomic E-state index is 8.50. The molecule has 0 bridgehead atoms. The van der Waals surface area contributed by atoms with E-state index in [1.807, 2.05) is 0 Å². The van der Waals surface area contributed by atoms with Gasteiger partial charge in [-0.2, -0.15) is 5.26 Å². The highest BCUT2D eigenvalue weighted by Crippen LogP contribution is 1.93. The summed E-state index contributed by atoms with van der Waals surface area (Å²) in [6, 6.07) is 1.92. The monoisotopic (exact) mass is 156 g/mol. The van der Waals surface area contributed by atoms with Gasteiger partial charge in [-0.25, -0.2) is 0 Å². The molecule has 0 aliphatic rings. The minimum atomic E-state index is -0.172. The molecule has 0 aromatic carbocycles. The highest BCUT2D eigenvalue weighted by Gasteiger charge is 2.03. The summed E-state index contributed by atoms with van der Waals surface area (Å²) in [5.74, 6) is 0.534. The first-order valence-electron chi connectivity index (χ1n) is 3.85. The van der Waals surface area contributed by atoms with Crippen molar-refractivity contribution in [3.8, 4) is 6.07 Å². The largest absolute Gasteiger partial charge is 0.378 e. The lowest BCUT2D eigenvalue weighted by molar-refractivity contribution is 0.102. The van der Waals surface area contributed by atoms with Gasteiger partial charge in [0.1, 0.15) is 6.04 Å². The molecular weight excluding hydrogens is 140 g/mol. The van der Waals surface area contributed by atoms with Gasteiger partial charge in [0, 0.05) is 6.61 Å². The van der Waals surface area contributed by atoms with Crippen molar-refractivity contribution in [2.45, 2.75) is 19.9 Å². The first-order valence-corrected chi connectivity index (χ1v) is 3.85. The average Bonchev–Trinajstić information content (AvgIpc) is 1.98. The van der Waals surface area contributed by atoms with Gasteiger partial charge in [0.05, 0.1) is 12.7 Å². The van der Waals surface area contributed by atoms with Crippen molar-refractivity contribution in [2.24, 2.45) is 5.92 Å². The SMILES string of the molecule is CNC(C#N)COCC(C)C. The van der Waals surface area contributed by atoms with Gasteiger partial charge < -0.3 is 10.1 Å². The Hall–Kier alpha value is -0.590. The standard InChI is InChI=1S/C8H16N2O/c1-7(2)5-11-6-8(4-9)10-3/h7-8,10H,5-6H2,1-3H3. The highest BCUT2D eigenvalue weighted by molar-refractivity contribution is 4.88. The minimum absolute atomic E-state index is 0.172. The predicted octanol–water partition coefficient (Wildman–Crippen LogP) is 0.771. The van der Waals surface area contributed by atoms with Crippen LogP contribution in [-0.4, -0.2) is 26.3 Å². The molecule has 3 heteroatoms. The van der Waals surface area contributed by atoms with Gasteiger partial charge in [-0.15, -0.1) is 0 Å². The van der Waals surface area contributed by atoms with E-state index in [1.54, 1.807) is 7.05 Å². The quantitative estimate of drug-likeness (QED) is 0.639. The number of hydrogen-bond acceptors (Lipinski definition) is 3. The number of hydrogen-bond donors (Lipinski definition) is 1. The topological polar surface area (TPSA) is 45.0 Å². The predicted molar refractivity (Wildman–Crippen MR) is 44.1 cm³/mol. The minimum Gasteiger partial charge on any atom is -0.378 e. The number of nitriles is 1. The number of nitrogens with zero attached hydrogens (tertiary/aromatic N) is 1. The van der Waals surface area contributed by atoms with Crippen LogP contribution < -0.4 is 5.32 Å². The smallest absolute Gasteiger partial charge is 0.119 e. The van der Waals surface area contributed by atoms with Crippen LogP contribution in [0.5, 0.6) is 0 Å². The van der Waals surface area contributed by atoms with Crippen LogP contribution in [0, 0.1) is 17.2 Å². The van der Waals surface area contributed by atoms with E-state index in [4.69, 9.17) is 10.00 Å². The first-order chi connectivity index (χ1) is 5.20. The molecule has 0 amide bonds. The van der Waals surface area contributed by atoms with Crippen LogP contribution in [0.15, 0.2) is 0 Å². The third-order valence-electron chi connectivity index (χ3n) is 1.24. The zero-order valence-corrected chi connectivity index (χ0v) is 7.42. The zero-order chi connectivity index (χ0) is 8.69. The van der Waals surface area contributed by atoms with E-state index in [9.17, 15) is 0 Å². The Bertz CT molecular complexity index is 129. The Morgan fingerprint density at radius 1 is 1.45 bits per heavy atom. The van der Waals surface area contributed by atoms with E-state index in [0.717, 1.165) is 6.61 Å². The molecule has 0 fully saturated rings. The van der Waals surface area contributed by atoms with E-state index in [0.29, 0.717) is 12.5 Å². The van der Waals surface area contributed by atoms with Crippen molar-refractivity contribution in [2.75, 3.05) is 20.3 Å². The normalized spacial score (nSPS) is 13.0. The summed E-state index contributed by atoms with van der Waals surface area (Å²) < 4.78 is 5.25. The van der Waals surface area contributed by atoms with Gasteiger partial charge in [-0.05, 0) is 13.0 Å². The third kappa shape index (κ3) is 5.84. The number of rotatable bonds is 5. The fraction of sp³-hybridized carbons (Fsp3) is 0.875. The lowest BCUT2D eigenvalue weighted by Gasteiger charge is -2.09. The molecule has 0 radical (unpaired) electrons.